The molecule has 1 saturated carbocycles. The number of carbonyl (C=O) groups excluding carboxylic acids is 1. The first-order valence-electron chi connectivity index (χ1n) is 7.31. The molecule has 120 valence electrons. The number of nitrogens with one attached hydrogen (secondary N) is 1. The van der Waals surface area contributed by atoms with Crippen molar-refractivity contribution in [3.05, 3.63) is 41.0 Å². The maximum absolute atomic E-state index is 12.2. The van der Waals surface area contributed by atoms with Crippen molar-refractivity contribution in [2.45, 2.75) is 25.3 Å². The van der Waals surface area contributed by atoms with Gasteiger partial charge in [-0.3, -0.25) is 9.59 Å². The third-order valence-corrected chi connectivity index (χ3v) is 4.36. The topological polar surface area (TPSA) is 92.4 Å². The molecule has 6 nitrogen and oxygen atoms in total. The number of amides is 1. The Hall–Kier alpha value is -2.34. The Kier molecular flexibility index (Phi) is 4.34. The number of hydrogen-bond acceptors (Lipinski definition) is 4. The van der Waals surface area contributed by atoms with Gasteiger partial charge in [-0.2, -0.15) is 0 Å². The first-order chi connectivity index (χ1) is 11.1. The van der Waals surface area contributed by atoms with E-state index >= 15 is 0 Å². The standard InChI is InChI=1S/C16H15ClN2O4/c17-11-6-2-1-4-9(11)14-8-13(19-23-14)15(20)18-12-7-3-5-10(12)16(21)22/h1-2,4,6,8,10,12H,3,5,7H2,(H,18,20)(H,21,22)/t10-,12+/m1/s1. The summed E-state index contributed by atoms with van der Waals surface area (Å²) < 4.78 is 5.18. The van der Waals surface area contributed by atoms with Gasteiger partial charge in [0.2, 0.25) is 0 Å². The summed E-state index contributed by atoms with van der Waals surface area (Å²) >= 11 is 6.09. The van der Waals surface area contributed by atoms with Gasteiger partial charge in [0.1, 0.15) is 0 Å². The average Bonchev–Trinajstić information content (AvgIpc) is 3.16. The minimum atomic E-state index is -0.885. The smallest absolute Gasteiger partial charge is 0.308 e. The zero-order valence-corrected chi connectivity index (χ0v) is 12.9. The molecule has 2 N–H and O–H groups in total. The van der Waals surface area contributed by atoms with Crippen LogP contribution in [0.25, 0.3) is 11.3 Å². The Balaban J connectivity index is 1.74. The van der Waals surface area contributed by atoms with Crippen LogP contribution in [0.2, 0.25) is 5.02 Å². The van der Waals surface area contributed by atoms with Crippen LogP contribution in [0.3, 0.4) is 0 Å². The molecule has 0 bridgehead atoms. The van der Waals surface area contributed by atoms with Gasteiger partial charge in [-0.15, -0.1) is 0 Å². The molecular formula is C16H15ClN2O4. The summed E-state index contributed by atoms with van der Waals surface area (Å²) in [4.78, 5) is 23.4. The molecule has 0 unspecified atom stereocenters. The van der Waals surface area contributed by atoms with Crippen LogP contribution in [0.15, 0.2) is 34.9 Å². The third-order valence-electron chi connectivity index (χ3n) is 4.03. The number of benzene rings is 1. The molecule has 0 spiro atoms. The highest BCUT2D eigenvalue weighted by atomic mass is 35.5. The molecule has 1 aromatic heterocycles. The second-order valence-corrected chi connectivity index (χ2v) is 5.92. The minimum Gasteiger partial charge on any atom is -0.481 e. The summed E-state index contributed by atoms with van der Waals surface area (Å²) in [6, 6.07) is 8.21. The van der Waals surface area contributed by atoms with Gasteiger partial charge in [0.05, 0.1) is 10.9 Å². The van der Waals surface area contributed by atoms with E-state index in [0.717, 1.165) is 6.42 Å². The van der Waals surface area contributed by atoms with Crippen LogP contribution in [-0.4, -0.2) is 28.2 Å². The maximum Gasteiger partial charge on any atom is 0.308 e. The van der Waals surface area contributed by atoms with E-state index in [4.69, 9.17) is 21.2 Å². The lowest BCUT2D eigenvalue weighted by atomic mass is 10.0. The van der Waals surface area contributed by atoms with Gasteiger partial charge >= 0.3 is 5.97 Å². The van der Waals surface area contributed by atoms with Crippen LogP contribution in [0.1, 0.15) is 29.8 Å². The molecule has 1 aliphatic rings. The Bertz CT molecular complexity index is 743. The molecule has 1 aromatic carbocycles. The van der Waals surface area contributed by atoms with Gasteiger partial charge in [-0.25, -0.2) is 0 Å². The Morgan fingerprint density at radius 3 is 2.83 bits per heavy atom. The number of aromatic nitrogens is 1. The number of nitrogens with zero attached hydrogens (tertiary/aromatic N) is 1. The third kappa shape index (κ3) is 3.22. The molecule has 2 atom stereocenters. The van der Waals surface area contributed by atoms with Crippen molar-refractivity contribution in [2.75, 3.05) is 0 Å². The second-order valence-electron chi connectivity index (χ2n) is 5.51. The fourth-order valence-corrected chi connectivity index (χ4v) is 3.07. The van der Waals surface area contributed by atoms with Crippen molar-refractivity contribution < 1.29 is 19.2 Å². The zero-order chi connectivity index (χ0) is 16.4. The van der Waals surface area contributed by atoms with Crippen LogP contribution in [0.5, 0.6) is 0 Å². The van der Waals surface area contributed by atoms with Crippen LogP contribution < -0.4 is 5.32 Å². The van der Waals surface area contributed by atoms with Crippen LogP contribution in [-0.2, 0) is 4.79 Å². The normalized spacial score (nSPS) is 20.4. The monoisotopic (exact) mass is 334 g/mol. The van der Waals surface area contributed by atoms with Gasteiger partial charge in [-0.1, -0.05) is 35.3 Å². The molecular weight excluding hydrogens is 320 g/mol. The number of rotatable bonds is 4. The first kappa shape index (κ1) is 15.6. The number of carboxylic acids is 1. The van der Waals surface area contributed by atoms with Crippen molar-refractivity contribution >= 4 is 23.5 Å². The van der Waals surface area contributed by atoms with E-state index in [1.54, 1.807) is 24.3 Å². The van der Waals surface area contributed by atoms with Crippen molar-refractivity contribution in [2.24, 2.45) is 5.92 Å². The summed E-state index contributed by atoms with van der Waals surface area (Å²) in [5.41, 5.74) is 0.751. The summed E-state index contributed by atoms with van der Waals surface area (Å²) in [5.74, 6) is -1.48. The average molecular weight is 335 g/mol. The molecule has 23 heavy (non-hydrogen) atoms. The summed E-state index contributed by atoms with van der Waals surface area (Å²) in [5, 5.41) is 16.1. The first-order valence-corrected chi connectivity index (χ1v) is 7.69. The minimum absolute atomic E-state index is 0.107. The maximum atomic E-state index is 12.2. The highest BCUT2D eigenvalue weighted by Crippen LogP contribution is 2.29. The zero-order valence-electron chi connectivity index (χ0n) is 12.2. The van der Waals surface area contributed by atoms with Crippen molar-refractivity contribution in [3.8, 4) is 11.3 Å². The van der Waals surface area contributed by atoms with E-state index in [1.165, 1.54) is 6.07 Å². The quantitative estimate of drug-likeness (QED) is 0.896. The summed E-state index contributed by atoms with van der Waals surface area (Å²) in [7, 11) is 0. The van der Waals surface area contributed by atoms with Crippen LogP contribution in [0.4, 0.5) is 0 Å². The predicted octanol–water partition coefficient (Wildman–Crippen LogP) is 2.98. The van der Waals surface area contributed by atoms with Crippen LogP contribution >= 0.6 is 11.6 Å². The van der Waals surface area contributed by atoms with E-state index in [1.807, 2.05) is 0 Å². The van der Waals surface area contributed by atoms with Gasteiger partial charge in [0.15, 0.2) is 11.5 Å². The number of aliphatic carboxylic acids is 1. The van der Waals surface area contributed by atoms with E-state index < -0.39 is 17.8 Å². The van der Waals surface area contributed by atoms with Gasteiger partial charge in [0.25, 0.3) is 5.91 Å². The number of halogens is 1. The Morgan fingerprint density at radius 1 is 1.30 bits per heavy atom. The van der Waals surface area contributed by atoms with E-state index in [9.17, 15) is 9.59 Å². The lowest BCUT2D eigenvalue weighted by Gasteiger charge is -2.16. The molecule has 2 aromatic rings. The van der Waals surface area contributed by atoms with E-state index in [0.29, 0.717) is 29.2 Å². The Labute approximate surface area is 137 Å². The summed E-state index contributed by atoms with van der Waals surface area (Å²) in [6.45, 7) is 0. The highest BCUT2D eigenvalue weighted by Gasteiger charge is 2.34. The lowest BCUT2D eigenvalue weighted by Crippen LogP contribution is -2.40. The number of carbonyl (C=O) groups is 2. The van der Waals surface area contributed by atoms with Gasteiger partial charge in [0, 0.05) is 17.7 Å². The van der Waals surface area contributed by atoms with Gasteiger partial charge < -0.3 is 14.9 Å². The SMILES string of the molecule is O=C(N[C@H]1CCC[C@H]1C(=O)O)c1cc(-c2ccccc2Cl)on1. The molecule has 0 saturated heterocycles. The summed E-state index contributed by atoms with van der Waals surface area (Å²) in [6.07, 6.45) is 2.01. The highest BCUT2D eigenvalue weighted by molar-refractivity contribution is 6.33. The van der Waals surface area contributed by atoms with E-state index in [2.05, 4.69) is 10.5 Å². The molecule has 0 radical (unpaired) electrons. The Morgan fingerprint density at radius 2 is 2.09 bits per heavy atom. The van der Waals surface area contributed by atoms with E-state index in [-0.39, 0.29) is 11.7 Å². The number of carboxylic acid groups (broad SMARTS) is 1. The lowest BCUT2D eigenvalue weighted by molar-refractivity contribution is -0.142. The molecule has 1 amide bonds. The van der Waals surface area contributed by atoms with Crippen LogP contribution in [0, 0.1) is 5.92 Å². The largest absolute Gasteiger partial charge is 0.481 e. The molecule has 0 aliphatic heterocycles. The molecule has 1 aliphatic carbocycles. The molecule has 1 heterocycles. The molecule has 1 fully saturated rings. The molecule has 3 rings (SSSR count). The predicted molar refractivity (Wildman–Crippen MR) is 83.2 cm³/mol. The van der Waals surface area contributed by atoms with Gasteiger partial charge in [-0.05, 0) is 25.0 Å². The van der Waals surface area contributed by atoms with Crippen molar-refractivity contribution in [1.82, 2.24) is 10.5 Å². The van der Waals surface area contributed by atoms with Crippen molar-refractivity contribution in [3.63, 3.8) is 0 Å². The number of hydrogen-bond donors (Lipinski definition) is 2. The van der Waals surface area contributed by atoms with Crippen molar-refractivity contribution in [1.29, 1.82) is 0 Å². The fraction of sp³-hybridized carbons (Fsp3) is 0.312. The second kappa shape index (κ2) is 6.42. The fourth-order valence-electron chi connectivity index (χ4n) is 2.84. The molecule has 7 heteroatoms.